The summed E-state index contributed by atoms with van der Waals surface area (Å²) in [5.74, 6) is 0. The highest BCUT2D eigenvalue weighted by Crippen LogP contribution is 2.43. The summed E-state index contributed by atoms with van der Waals surface area (Å²) in [7, 11) is -1.64. The molecule has 0 fully saturated rings. The van der Waals surface area contributed by atoms with Gasteiger partial charge in [0.1, 0.15) is 0 Å². The van der Waals surface area contributed by atoms with Gasteiger partial charge in [-0.3, -0.25) is 0 Å². The predicted molar refractivity (Wildman–Crippen MR) is 189 cm³/mol. The highest BCUT2D eigenvalue weighted by molar-refractivity contribution is 6.73. The zero-order valence-corrected chi connectivity index (χ0v) is 31.1. The molecule has 0 amide bonds. The van der Waals surface area contributed by atoms with E-state index in [-0.39, 0.29) is 0 Å². The Morgan fingerprint density at radius 1 is 0.439 bits per heavy atom. The quantitative estimate of drug-likeness (QED) is 0.0740. The van der Waals surface area contributed by atoms with Gasteiger partial charge in [-0.1, -0.05) is 55.4 Å². The lowest BCUT2D eigenvalue weighted by atomic mass is 9.73. The summed E-state index contributed by atoms with van der Waals surface area (Å²) >= 11 is 0. The molecule has 0 aromatic rings. The van der Waals surface area contributed by atoms with Gasteiger partial charge in [0.05, 0.1) is 0 Å². The van der Waals surface area contributed by atoms with Crippen molar-refractivity contribution in [2.75, 3.05) is 65.5 Å². The van der Waals surface area contributed by atoms with Gasteiger partial charge < -0.3 is 19.1 Å². The molecule has 248 valence electrons. The SMILES string of the molecule is CCCN(CCC)CCCC(CCCN(CCC)CCC)(CCCN(CCC)CCC)CC[Si](CC)(CC)OCC. The van der Waals surface area contributed by atoms with E-state index in [2.05, 4.69) is 77.0 Å². The fraction of sp³-hybridized carbons (Fsp3) is 1.00. The lowest BCUT2D eigenvalue weighted by molar-refractivity contribution is 0.150. The van der Waals surface area contributed by atoms with Gasteiger partial charge >= 0.3 is 0 Å². The summed E-state index contributed by atoms with van der Waals surface area (Å²) in [6.07, 6.45) is 17.3. The lowest BCUT2D eigenvalue weighted by Crippen LogP contribution is -2.39. The van der Waals surface area contributed by atoms with Gasteiger partial charge in [-0.25, -0.2) is 0 Å². The van der Waals surface area contributed by atoms with Crippen LogP contribution in [0.2, 0.25) is 18.1 Å². The van der Waals surface area contributed by atoms with E-state index in [1.807, 2.05) is 0 Å². The molecule has 0 saturated carbocycles. The van der Waals surface area contributed by atoms with Crippen molar-refractivity contribution in [3.05, 3.63) is 0 Å². The van der Waals surface area contributed by atoms with Crippen molar-refractivity contribution >= 4 is 8.32 Å². The molecule has 0 saturated heterocycles. The summed E-state index contributed by atoms with van der Waals surface area (Å²) < 4.78 is 6.66. The second kappa shape index (κ2) is 26.5. The number of rotatable bonds is 31. The van der Waals surface area contributed by atoms with E-state index in [4.69, 9.17) is 4.43 Å². The zero-order chi connectivity index (χ0) is 30.8. The van der Waals surface area contributed by atoms with Crippen molar-refractivity contribution in [1.29, 1.82) is 0 Å². The lowest BCUT2D eigenvalue weighted by Gasteiger charge is -2.40. The molecule has 0 aliphatic rings. The van der Waals surface area contributed by atoms with Crippen LogP contribution < -0.4 is 0 Å². The van der Waals surface area contributed by atoms with E-state index in [1.165, 1.54) is 161 Å². The second-order valence-corrected chi connectivity index (χ2v) is 17.7. The highest BCUT2D eigenvalue weighted by Gasteiger charge is 2.36. The third-order valence-electron chi connectivity index (χ3n) is 9.63. The first-order chi connectivity index (χ1) is 19.9. The van der Waals surface area contributed by atoms with Gasteiger partial charge in [0.2, 0.25) is 0 Å². The van der Waals surface area contributed by atoms with Gasteiger partial charge in [-0.05, 0) is 173 Å². The molecule has 0 radical (unpaired) electrons. The number of hydrogen-bond donors (Lipinski definition) is 0. The first kappa shape index (κ1) is 41.1. The van der Waals surface area contributed by atoms with Crippen LogP contribution in [0.4, 0.5) is 0 Å². The largest absolute Gasteiger partial charge is 0.417 e. The average Bonchev–Trinajstić information content (AvgIpc) is 2.96. The van der Waals surface area contributed by atoms with Gasteiger partial charge in [-0.2, -0.15) is 0 Å². The van der Waals surface area contributed by atoms with Crippen LogP contribution in [-0.4, -0.2) is 88.5 Å². The molecule has 0 aliphatic carbocycles. The van der Waals surface area contributed by atoms with E-state index in [9.17, 15) is 0 Å². The van der Waals surface area contributed by atoms with Crippen molar-refractivity contribution in [1.82, 2.24) is 14.7 Å². The first-order valence-electron chi connectivity index (χ1n) is 18.7. The minimum Gasteiger partial charge on any atom is -0.417 e. The Bertz CT molecular complexity index is 484. The van der Waals surface area contributed by atoms with E-state index < -0.39 is 8.32 Å². The molecule has 4 nitrogen and oxygen atoms in total. The van der Waals surface area contributed by atoms with Crippen molar-refractivity contribution in [2.45, 2.75) is 164 Å². The summed E-state index contributed by atoms with van der Waals surface area (Å²) in [6.45, 7) is 33.5. The van der Waals surface area contributed by atoms with Crippen LogP contribution in [0.3, 0.4) is 0 Å². The van der Waals surface area contributed by atoms with Gasteiger partial charge in [0.15, 0.2) is 8.32 Å². The molecule has 0 spiro atoms. The maximum absolute atomic E-state index is 6.66. The summed E-state index contributed by atoms with van der Waals surface area (Å²) in [5.41, 5.74) is 0.470. The molecule has 0 N–H and O–H groups in total. The Balaban J connectivity index is 5.96. The minimum atomic E-state index is -1.64. The predicted octanol–water partition coefficient (Wildman–Crippen LogP) is 10.1. The molecule has 0 bridgehead atoms. The van der Waals surface area contributed by atoms with Crippen LogP contribution in [0.25, 0.3) is 0 Å². The van der Waals surface area contributed by atoms with Crippen LogP contribution in [0.1, 0.15) is 146 Å². The molecule has 0 rings (SSSR count). The molecule has 5 heteroatoms. The maximum Gasteiger partial charge on any atom is 0.192 e. The summed E-state index contributed by atoms with van der Waals surface area (Å²) in [4.78, 5) is 8.24. The minimum absolute atomic E-state index is 0.470. The number of hydrogen-bond acceptors (Lipinski definition) is 4. The fourth-order valence-corrected chi connectivity index (χ4v) is 10.7. The summed E-state index contributed by atoms with van der Waals surface area (Å²) in [5, 5.41) is 0. The molecule has 0 aromatic carbocycles. The summed E-state index contributed by atoms with van der Waals surface area (Å²) in [6, 6.07) is 3.91. The Morgan fingerprint density at radius 2 is 0.756 bits per heavy atom. The van der Waals surface area contributed by atoms with E-state index in [0.717, 1.165) is 6.61 Å². The van der Waals surface area contributed by atoms with Crippen molar-refractivity contribution < 1.29 is 4.43 Å². The first-order valence-corrected chi connectivity index (χ1v) is 21.2. The Labute approximate surface area is 261 Å². The van der Waals surface area contributed by atoms with E-state index in [0.29, 0.717) is 5.41 Å². The topological polar surface area (TPSA) is 19.0 Å². The molecule has 0 unspecified atom stereocenters. The third kappa shape index (κ3) is 18.5. The maximum atomic E-state index is 6.66. The van der Waals surface area contributed by atoms with Crippen LogP contribution >= 0.6 is 0 Å². The molecule has 0 heterocycles. The van der Waals surface area contributed by atoms with E-state index in [1.54, 1.807) is 0 Å². The van der Waals surface area contributed by atoms with Crippen LogP contribution in [0, 0.1) is 5.41 Å². The number of nitrogens with zero attached hydrogens (tertiary/aromatic N) is 3. The van der Waals surface area contributed by atoms with Gasteiger partial charge in [-0.15, -0.1) is 0 Å². The van der Waals surface area contributed by atoms with Gasteiger partial charge in [0.25, 0.3) is 0 Å². The third-order valence-corrected chi connectivity index (χ3v) is 14.3. The van der Waals surface area contributed by atoms with Crippen molar-refractivity contribution in [3.8, 4) is 0 Å². The normalized spacial score (nSPS) is 12.9. The Kier molecular flexibility index (Phi) is 26.5. The standard InChI is InChI=1S/C36H79N3OSi/c1-10-26-37(27-11-2)32-19-22-36(23-20-33-38(28-12-3)29-13-4,24-21-34-39(30-14-5)31-15-6)25-35-41(17-8,18-9)40-16-7/h10-35H2,1-9H3. The average molecular weight is 598 g/mol. The molecule has 0 aliphatic heterocycles. The molecule has 41 heavy (non-hydrogen) atoms. The molecular weight excluding hydrogens is 519 g/mol. The Hall–Kier alpha value is 0.0569. The smallest absolute Gasteiger partial charge is 0.192 e. The van der Waals surface area contributed by atoms with Crippen LogP contribution in [0.15, 0.2) is 0 Å². The highest BCUT2D eigenvalue weighted by atomic mass is 28.4. The molecule has 0 aromatic heterocycles. The van der Waals surface area contributed by atoms with Crippen LogP contribution in [-0.2, 0) is 4.43 Å². The zero-order valence-electron chi connectivity index (χ0n) is 30.1. The van der Waals surface area contributed by atoms with Gasteiger partial charge in [0, 0.05) is 6.61 Å². The molecule has 0 atom stereocenters. The second-order valence-electron chi connectivity index (χ2n) is 13.2. The monoisotopic (exact) mass is 598 g/mol. The van der Waals surface area contributed by atoms with Crippen LogP contribution in [0.5, 0.6) is 0 Å². The Morgan fingerprint density at radius 3 is 1.00 bits per heavy atom. The molecular formula is C36H79N3OSi. The van der Waals surface area contributed by atoms with Crippen molar-refractivity contribution in [2.24, 2.45) is 5.41 Å². The van der Waals surface area contributed by atoms with Crippen molar-refractivity contribution in [3.63, 3.8) is 0 Å². The fourth-order valence-electron chi connectivity index (χ4n) is 7.37. The van der Waals surface area contributed by atoms with E-state index >= 15 is 0 Å².